The zero-order valence-corrected chi connectivity index (χ0v) is 17.5. The van der Waals surface area contributed by atoms with Gasteiger partial charge in [0, 0.05) is 19.2 Å². The highest BCUT2D eigenvalue weighted by atomic mass is 28.4. The van der Waals surface area contributed by atoms with E-state index >= 15 is 0 Å². The van der Waals surface area contributed by atoms with Gasteiger partial charge in [0.25, 0.3) is 5.91 Å². The zero-order valence-electron chi connectivity index (χ0n) is 16.5. The summed E-state index contributed by atoms with van der Waals surface area (Å²) in [6.07, 6.45) is 2.08. The number of nitrogens with zero attached hydrogens (tertiary/aromatic N) is 2. The highest BCUT2D eigenvalue weighted by Gasteiger charge is 2.38. The van der Waals surface area contributed by atoms with Crippen molar-refractivity contribution < 1.29 is 14.3 Å². The lowest BCUT2D eigenvalue weighted by atomic mass is 10.2. The lowest BCUT2D eigenvalue weighted by molar-refractivity contribution is -0.133. The van der Waals surface area contributed by atoms with E-state index in [9.17, 15) is 9.90 Å². The molecule has 0 unspecified atom stereocenters. The largest absolute Gasteiger partial charge is 0.415 e. The van der Waals surface area contributed by atoms with Crippen molar-refractivity contribution in [2.45, 2.75) is 70.3 Å². The van der Waals surface area contributed by atoms with Gasteiger partial charge in [0.2, 0.25) is 0 Å². The monoisotopic (exact) mass is 366 g/mol. The van der Waals surface area contributed by atoms with Gasteiger partial charge >= 0.3 is 0 Å². The van der Waals surface area contributed by atoms with Crippen LogP contribution in [0.15, 0.2) is 0 Å². The Labute approximate surface area is 153 Å². The smallest absolute Gasteiger partial charge is 0.252 e. The standard InChI is InChI=1S/C19H34N2O3Si/c1-19(2,3)25(4,5)24-15-16-9-8-13-20(16)11-6-7-12-21-14-10-17(22)18(21)23/h16-17,22H,8-15H2,1-5H3/t16-,17+/m0/s1. The number of aliphatic hydroxyl groups excluding tert-OH is 1. The summed E-state index contributed by atoms with van der Waals surface area (Å²) in [6.45, 7) is 15.1. The Bertz CT molecular complexity index is 533. The molecule has 1 N–H and O–H groups in total. The molecule has 6 heteroatoms. The summed E-state index contributed by atoms with van der Waals surface area (Å²) in [5.41, 5.74) is 0. The Kier molecular flexibility index (Phi) is 6.72. The Morgan fingerprint density at radius 3 is 2.48 bits per heavy atom. The minimum absolute atomic E-state index is 0.184. The van der Waals surface area contributed by atoms with E-state index in [2.05, 4.69) is 50.6 Å². The van der Waals surface area contributed by atoms with Crippen LogP contribution >= 0.6 is 0 Å². The first-order chi connectivity index (χ1) is 11.6. The van der Waals surface area contributed by atoms with Crippen LogP contribution in [0.4, 0.5) is 0 Å². The van der Waals surface area contributed by atoms with E-state index in [1.54, 1.807) is 4.90 Å². The van der Waals surface area contributed by atoms with Gasteiger partial charge in [-0.15, -0.1) is 0 Å². The third-order valence-electron chi connectivity index (χ3n) is 5.89. The van der Waals surface area contributed by atoms with Gasteiger partial charge in [-0.05, 0) is 43.9 Å². The number of carbonyl (C=O) groups excluding carboxylic acids is 1. The van der Waals surface area contributed by atoms with Crippen molar-refractivity contribution in [3.05, 3.63) is 0 Å². The zero-order chi connectivity index (χ0) is 18.7. The van der Waals surface area contributed by atoms with E-state index < -0.39 is 14.4 Å². The quantitative estimate of drug-likeness (QED) is 0.598. The first-order valence-corrected chi connectivity index (χ1v) is 12.3. The van der Waals surface area contributed by atoms with E-state index in [1.165, 1.54) is 12.8 Å². The second-order valence-corrected chi connectivity index (χ2v) is 13.6. The molecule has 2 atom stereocenters. The molecule has 0 saturated carbocycles. The van der Waals surface area contributed by atoms with Crippen LogP contribution in [0.25, 0.3) is 0 Å². The van der Waals surface area contributed by atoms with E-state index in [0.29, 0.717) is 25.6 Å². The van der Waals surface area contributed by atoms with Gasteiger partial charge in [0.05, 0.1) is 13.1 Å². The van der Waals surface area contributed by atoms with E-state index in [1.807, 2.05) is 0 Å². The fourth-order valence-electron chi connectivity index (χ4n) is 3.00. The number of likely N-dealkylation sites (tertiary alicyclic amines) is 2. The van der Waals surface area contributed by atoms with Crippen molar-refractivity contribution in [1.29, 1.82) is 0 Å². The molecule has 5 nitrogen and oxygen atoms in total. The molecule has 0 bridgehead atoms. The van der Waals surface area contributed by atoms with Crippen molar-refractivity contribution in [1.82, 2.24) is 9.80 Å². The molecule has 0 aromatic heterocycles. The number of hydrogen-bond donors (Lipinski definition) is 1. The summed E-state index contributed by atoms with van der Waals surface area (Å²) < 4.78 is 6.39. The lowest BCUT2D eigenvalue weighted by Gasteiger charge is -2.37. The van der Waals surface area contributed by atoms with Gasteiger partial charge in [0.1, 0.15) is 6.10 Å². The number of aliphatic hydroxyl groups is 1. The van der Waals surface area contributed by atoms with Crippen LogP contribution in [0.1, 0.15) is 40.0 Å². The van der Waals surface area contributed by atoms with Gasteiger partial charge in [-0.1, -0.05) is 32.6 Å². The fraction of sp³-hybridized carbons (Fsp3) is 0.842. The third-order valence-corrected chi connectivity index (χ3v) is 10.4. The van der Waals surface area contributed by atoms with Crippen molar-refractivity contribution in [3.63, 3.8) is 0 Å². The SMILES string of the molecule is CC(C)(C)[Si](C)(C)OC[C@@H]1CCCN1CC#CCN1CC[C@@H](O)C1=O. The Hall–Kier alpha value is -0.873. The Morgan fingerprint density at radius 2 is 1.88 bits per heavy atom. The average molecular weight is 367 g/mol. The number of rotatable bonds is 5. The number of carbonyl (C=O) groups is 1. The first-order valence-electron chi connectivity index (χ1n) is 9.42. The number of hydrogen-bond acceptors (Lipinski definition) is 4. The normalized spacial score (nSPS) is 25.4. The highest BCUT2D eigenvalue weighted by molar-refractivity contribution is 6.74. The van der Waals surface area contributed by atoms with Gasteiger partial charge in [-0.3, -0.25) is 9.69 Å². The molecule has 0 aromatic rings. The summed E-state index contributed by atoms with van der Waals surface area (Å²) in [6, 6.07) is 0.457. The molecule has 2 aliphatic heterocycles. The van der Waals surface area contributed by atoms with Crippen LogP contribution in [-0.4, -0.2) is 74.1 Å². The van der Waals surface area contributed by atoms with Crippen LogP contribution in [0.3, 0.4) is 0 Å². The summed E-state index contributed by atoms with van der Waals surface area (Å²) in [5.74, 6) is 6.11. The molecule has 0 radical (unpaired) electrons. The predicted octanol–water partition coefficient (Wildman–Crippen LogP) is 2.07. The average Bonchev–Trinajstić information content (AvgIpc) is 3.09. The van der Waals surface area contributed by atoms with Crippen LogP contribution in [0.2, 0.25) is 18.1 Å². The Balaban J connectivity index is 1.78. The predicted molar refractivity (Wildman–Crippen MR) is 103 cm³/mol. The summed E-state index contributed by atoms with van der Waals surface area (Å²) in [7, 11) is -1.70. The van der Waals surface area contributed by atoms with Crippen molar-refractivity contribution in [2.75, 3.05) is 32.8 Å². The minimum atomic E-state index is -1.70. The molecule has 0 aliphatic carbocycles. The van der Waals surface area contributed by atoms with E-state index in [-0.39, 0.29) is 10.9 Å². The molecule has 2 rings (SSSR count). The van der Waals surface area contributed by atoms with E-state index in [0.717, 1.165) is 19.7 Å². The van der Waals surface area contributed by atoms with Gasteiger partial charge in [-0.25, -0.2) is 0 Å². The first kappa shape index (κ1) is 20.4. The molecule has 2 heterocycles. The van der Waals surface area contributed by atoms with Gasteiger partial charge < -0.3 is 14.4 Å². The Morgan fingerprint density at radius 1 is 1.20 bits per heavy atom. The maximum Gasteiger partial charge on any atom is 0.252 e. The van der Waals surface area contributed by atoms with Crippen LogP contribution in [0, 0.1) is 11.8 Å². The van der Waals surface area contributed by atoms with Crippen molar-refractivity contribution in [2.24, 2.45) is 0 Å². The second-order valence-electron chi connectivity index (χ2n) is 8.76. The second kappa shape index (κ2) is 8.21. The van der Waals surface area contributed by atoms with Crippen molar-refractivity contribution >= 4 is 14.2 Å². The molecule has 0 aromatic carbocycles. The van der Waals surface area contributed by atoms with Crippen LogP contribution < -0.4 is 0 Å². The topological polar surface area (TPSA) is 53.0 Å². The molecular formula is C19H34N2O3Si. The van der Waals surface area contributed by atoms with Crippen LogP contribution in [0.5, 0.6) is 0 Å². The summed E-state index contributed by atoms with van der Waals surface area (Å²) in [4.78, 5) is 15.7. The van der Waals surface area contributed by atoms with Crippen LogP contribution in [-0.2, 0) is 9.22 Å². The van der Waals surface area contributed by atoms with Gasteiger partial charge in [-0.2, -0.15) is 0 Å². The molecule has 2 aliphatic rings. The molecule has 25 heavy (non-hydrogen) atoms. The fourth-order valence-corrected chi connectivity index (χ4v) is 4.04. The molecule has 0 spiro atoms. The lowest BCUT2D eigenvalue weighted by Crippen LogP contribution is -2.44. The molecular weight excluding hydrogens is 332 g/mol. The third kappa shape index (κ3) is 5.30. The highest BCUT2D eigenvalue weighted by Crippen LogP contribution is 2.37. The van der Waals surface area contributed by atoms with Crippen molar-refractivity contribution in [3.8, 4) is 11.8 Å². The minimum Gasteiger partial charge on any atom is -0.415 e. The molecule has 142 valence electrons. The maximum absolute atomic E-state index is 11.7. The summed E-state index contributed by atoms with van der Waals surface area (Å²) >= 11 is 0. The molecule has 2 saturated heterocycles. The maximum atomic E-state index is 11.7. The summed E-state index contributed by atoms with van der Waals surface area (Å²) in [5, 5.41) is 9.69. The molecule has 2 fully saturated rings. The number of amides is 1. The van der Waals surface area contributed by atoms with E-state index in [4.69, 9.17) is 4.43 Å². The molecule has 1 amide bonds. The van der Waals surface area contributed by atoms with Gasteiger partial charge in [0.15, 0.2) is 8.32 Å².